The molecule has 0 bridgehead atoms. The molecule has 0 aliphatic heterocycles. The van der Waals surface area contributed by atoms with E-state index < -0.39 is 0 Å². The second-order valence-electron chi connectivity index (χ2n) is 7.37. The number of anilines is 1. The van der Waals surface area contributed by atoms with Crippen molar-refractivity contribution < 1.29 is 9.21 Å². The summed E-state index contributed by atoms with van der Waals surface area (Å²) >= 11 is 1.23. The Bertz CT molecular complexity index is 1060. The third-order valence-corrected chi connectivity index (χ3v) is 5.55. The first-order chi connectivity index (χ1) is 14.5. The van der Waals surface area contributed by atoms with Crippen LogP contribution in [0.15, 0.2) is 38.6 Å². The lowest BCUT2D eigenvalue weighted by Crippen LogP contribution is -2.24. The number of nitrogens with zero attached hydrogens (tertiary/aromatic N) is 4. The van der Waals surface area contributed by atoms with Crippen LogP contribution in [0.25, 0.3) is 10.9 Å². The normalized spacial score (nSPS) is 11.3. The lowest BCUT2D eigenvalue weighted by atomic mass is 10.2. The van der Waals surface area contributed by atoms with Crippen molar-refractivity contribution in [1.82, 2.24) is 19.7 Å². The van der Waals surface area contributed by atoms with Gasteiger partial charge < -0.3 is 4.42 Å². The van der Waals surface area contributed by atoms with Crippen LogP contribution in [-0.4, -0.2) is 31.4 Å². The zero-order valence-corrected chi connectivity index (χ0v) is 18.4. The molecule has 30 heavy (non-hydrogen) atoms. The van der Waals surface area contributed by atoms with Crippen molar-refractivity contribution in [2.24, 2.45) is 0 Å². The number of unbranched alkanes of at least 4 members (excludes halogenated alkanes) is 3. The van der Waals surface area contributed by atoms with E-state index in [1.165, 1.54) is 11.8 Å². The number of rotatable bonds is 10. The van der Waals surface area contributed by atoms with Crippen molar-refractivity contribution in [3.05, 3.63) is 40.5 Å². The summed E-state index contributed by atoms with van der Waals surface area (Å²) < 4.78 is 7.09. The Kier molecular flexibility index (Phi) is 7.62. The van der Waals surface area contributed by atoms with E-state index in [1.807, 2.05) is 32.0 Å². The molecule has 0 atom stereocenters. The van der Waals surface area contributed by atoms with Crippen molar-refractivity contribution in [2.45, 2.75) is 64.1 Å². The van der Waals surface area contributed by atoms with Gasteiger partial charge >= 0.3 is 6.01 Å². The van der Waals surface area contributed by atoms with E-state index in [1.54, 1.807) is 10.6 Å². The summed E-state index contributed by atoms with van der Waals surface area (Å²) in [7, 11) is 0. The van der Waals surface area contributed by atoms with Crippen molar-refractivity contribution in [3.8, 4) is 0 Å². The molecule has 3 rings (SSSR count). The third-order valence-electron chi connectivity index (χ3n) is 4.58. The molecule has 0 radical (unpaired) electrons. The van der Waals surface area contributed by atoms with Crippen molar-refractivity contribution in [1.29, 1.82) is 0 Å². The third kappa shape index (κ3) is 5.47. The molecule has 1 aromatic carbocycles. The van der Waals surface area contributed by atoms with Crippen LogP contribution >= 0.6 is 11.8 Å². The molecule has 0 saturated carbocycles. The summed E-state index contributed by atoms with van der Waals surface area (Å²) in [6.07, 6.45) is 4.20. The number of aromatic nitrogens is 4. The van der Waals surface area contributed by atoms with Crippen molar-refractivity contribution >= 4 is 34.6 Å². The summed E-state index contributed by atoms with van der Waals surface area (Å²) in [5.41, 5.74) is 0.562. The average molecular weight is 430 g/mol. The van der Waals surface area contributed by atoms with E-state index in [2.05, 4.69) is 27.4 Å². The topological polar surface area (TPSA) is 103 Å². The Morgan fingerprint density at radius 2 is 2.00 bits per heavy atom. The lowest BCUT2D eigenvalue weighted by Gasteiger charge is -2.12. The molecule has 0 aliphatic carbocycles. The summed E-state index contributed by atoms with van der Waals surface area (Å²) in [5.74, 6) is 0.342. The molecule has 160 valence electrons. The predicted octanol–water partition coefficient (Wildman–Crippen LogP) is 4.21. The van der Waals surface area contributed by atoms with Gasteiger partial charge in [0.15, 0.2) is 5.16 Å². The van der Waals surface area contributed by atoms with Gasteiger partial charge in [-0.15, -0.1) is 5.10 Å². The summed E-state index contributed by atoms with van der Waals surface area (Å²) in [6.45, 7) is 6.60. The fourth-order valence-corrected chi connectivity index (χ4v) is 3.78. The lowest BCUT2D eigenvalue weighted by molar-refractivity contribution is -0.113. The maximum Gasteiger partial charge on any atom is 0.322 e. The van der Waals surface area contributed by atoms with Gasteiger partial charge in [-0.1, -0.05) is 69.0 Å². The van der Waals surface area contributed by atoms with E-state index in [0.29, 0.717) is 28.5 Å². The van der Waals surface area contributed by atoms with E-state index >= 15 is 0 Å². The highest BCUT2D eigenvalue weighted by atomic mass is 32.2. The molecule has 2 heterocycles. The largest absolute Gasteiger partial charge is 0.408 e. The SMILES string of the molecule is CCCCCCn1c(SCC(=O)Nc2nnc(C(C)C)o2)nc2ccccc2c1=O. The van der Waals surface area contributed by atoms with Gasteiger partial charge in [0, 0.05) is 12.5 Å². The number of nitrogens with one attached hydrogen (secondary N) is 1. The minimum atomic E-state index is -0.293. The first-order valence-electron chi connectivity index (χ1n) is 10.2. The van der Waals surface area contributed by atoms with Crippen LogP contribution in [0.3, 0.4) is 0 Å². The van der Waals surface area contributed by atoms with Crippen LogP contribution in [0.1, 0.15) is 58.3 Å². The molecule has 1 amide bonds. The van der Waals surface area contributed by atoms with Gasteiger partial charge in [-0.3, -0.25) is 19.5 Å². The molecule has 0 saturated heterocycles. The average Bonchev–Trinajstić information content (AvgIpc) is 3.20. The highest BCUT2D eigenvalue weighted by molar-refractivity contribution is 7.99. The van der Waals surface area contributed by atoms with E-state index in [0.717, 1.165) is 25.7 Å². The zero-order valence-electron chi connectivity index (χ0n) is 17.6. The molecule has 0 fully saturated rings. The van der Waals surface area contributed by atoms with Crippen LogP contribution in [0.5, 0.6) is 0 Å². The number of carbonyl (C=O) groups excluding carboxylic acids is 1. The zero-order chi connectivity index (χ0) is 21.5. The number of hydrogen-bond acceptors (Lipinski definition) is 7. The quantitative estimate of drug-likeness (QED) is 0.292. The standard InChI is InChI=1S/C21H27N5O3S/c1-4-5-6-9-12-26-19(28)15-10-7-8-11-16(15)22-21(26)30-13-17(27)23-20-25-24-18(29-20)14(2)3/h7-8,10-11,14H,4-6,9,12-13H2,1-3H3,(H,23,25,27). The highest BCUT2D eigenvalue weighted by Crippen LogP contribution is 2.20. The van der Waals surface area contributed by atoms with Gasteiger partial charge in [0.2, 0.25) is 11.8 Å². The molecule has 8 nitrogen and oxygen atoms in total. The Labute approximate surface area is 179 Å². The van der Waals surface area contributed by atoms with Gasteiger partial charge in [-0.2, -0.15) is 0 Å². The second-order valence-corrected chi connectivity index (χ2v) is 8.31. The minimum absolute atomic E-state index is 0.0708. The minimum Gasteiger partial charge on any atom is -0.408 e. The van der Waals surface area contributed by atoms with E-state index in [9.17, 15) is 9.59 Å². The first-order valence-corrected chi connectivity index (χ1v) is 11.2. The van der Waals surface area contributed by atoms with E-state index in [-0.39, 0.29) is 29.2 Å². The molecule has 1 N–H and O–H groups in total. The molecule has 0 spiro atoms. The van der Waals surface area contributed by atoms with Crippen molar-refractivity contribution in [3.63, 3.8) is 0 Å². The summed E-state index contributed by atoms with van der Waals surface area (Å²) in [6, 6.07) is 7.37. The van der Waals surface area contributed by atoms with Crippen LogP contribution in [0.4, 0.5) is 6.01 Å². The number of thioether (sulfide) groups is 1. The van der Waals surface area contributed by atoms with Gasteiger partial charge in [-0.25, -0.2) is 4.98 Å². The summed E-state index contributed by atoms with van der Waals surface area (Å²) in [4.78, 5) is 30.0. The van der Waals surface area contributed by atoms with E-state index in [4.69, 9.17) is 4.42 Å². The maximum absolute atomic E-state index is 13.0. The van der Waals surface area contributed by atoms with Gasteiger partial charge in [0.1, 0.15) is 0 Å². The number of benzene rings is 1. The van der Waals surface area contributed by atoms with Crippen LogP contribution in [-0.2, 0) is 11.3 Å². The fourth-order valence-electron chi connectivity index (χ4n) is 2.96. The summed E-state index contributed by atoms with van der Waals surface area (Å²) in [5, 5.41) is 11.5. The predicted molar refractivity (Wildman–Crippen MR) is 118 cm³/mol. The van der Waals surface area contributed by atoms with Gasteiger partial charge in [0.05, 0.1) is 16.7 Å². The molecule has 0 aliphatic rings. The molecular weight excluding hydrogens is 402 g/mol. The molecular formula is C21H27N5O3S. The molecule has 2 aromatic heterocycles. The molecule has 9 heteroatoms. The van der Waals surface area contributed by atoms with Crippen molar-refractivity contribution in [2.75, 3.05) is 11.1 Å². The number of fused-ring (bicyclic) bond motifs is 1. The Balaban J connectivity index is 1.74. The smallest absolute Gasteiger partial charge is 0.322 e. The second kappa shape index (κ2) is 10.4. The van der Waals surface area contributed by atoms with Crippen LogP contribution < -0.4 is 10.9 Å². The van der Waals surface area contributed by atoms with Crippen LogP contribution in [0.2, 0.25) is 0 Å². The number of amides is 1. The Hall–Kier alpha value is -2.68. The molecule has 3 aromatic rings. The van der Waals surface area contributed by atoms with Gasteiger partial charge in [-0.05, 0) is 18.6 Å². The number of hydrogen-bond donors (Lipinski definition) is 1. The number of carbonyl (C=O) groups is 1. The highest BCUT2D eigenvalue weighted by Gasteiger charge is 2.15. The molecule has 0 unspecified atom stereocenters. The van der Waals surface area contributed by atoms with Gasteiger partial charge in [0.25, 0.3) is 5.56 Å². The Morgan fingerprint density at radius 1 is 1.20 bits per heavy atom. The fraction of sp³-hybridized carbons (Fsp3) is 0.476. The first kappa shape index (κ1) is 22.0. The monoisotopic (exact) mass is 429 g/mol. The maximum atomic E-state index is 13.0. The van der Waals surface area contributed by atoms with Crippen LogP contribution in [0, 0.1) is 0 Å². The number of para-hydroxylation sites is 1. The Morgan fingerprint density at radius 3 is 2.73 bits per heavy atom.